The van der Waals surface area contributed by atoms with Crippen LogP contribution in [0.25, 0.3) is 0 Å². The van der Waals surface area contributed by atoms with Crippen molar-refractivity contribution in [2.24, 2.45) is 0 Å². The van der Waals surface area contributed by atoms with Crippen LogP contribution in [0, 0.1) is 0 Å². The summed E-state index contributed by atoms with van der Waals surface area (Å²) in [5, 5.41) is 0. The molecule has 0 radical (unpaired) electrons. The fourth-order valence-corrected chi connectivity index (χ4v) is 6.07. The summed E-state index contributed by atoms with van der Waals surface area (Å²) in [7, 11) is 0. The number of unbranched alkanes of at least 4 members (excludes halogenated alkanes) is 9. The van der Waals surface area contributed by atoms with Crippen LogP contribution in [0.4, 0.5) is 0 Å². The van der Waals surface area contributed by atoms with Gasteiger partial charge in [0, 0.05) is 5.92 Å². The van der Waals surface area contributed by atoms with E-state index in [0.29, 0.717) is 5.92 Å². The number of hydrogen-bond acceptors (Lipinski definition) is 0. The zero-order chi connectivity index (χ0) is 23.2. The highest BCUT2D eigenvalue weighted by atomic mass is 79.9. The molecule has 3 aromatic rings. The largest absolute Gasteiger partial charge is 0.0822 e. The maximum Gasteiger partial charge on any atom is 0.0822 e. The van der Waals surface area contributed by atoms with Crippen LogP contribution >= 0.6 is 15.9 Å². The fraction of sp³-hybridized carbons (Fsp3) is 0.438. The van der Waals surface area contributed by atoms with Gasteiger partial charge < -0.3 is 0 Å². The molecule has 0 aromatic heterocycles. The van der Waals surface area contributed by atoms with Crippen LogP contribution < -0.4 is 0 Å². The second kappa shape index (κ2) is 14.4. The van der Waals surface area contributed by atoms with Gasteiger partial charge in [-0.15, -0.1) is 0 Å². The third-order valence-corrected chi connectivity index (χ3v) is 8.38. The van der Waals surface area contributed by atoms with Crippen molar-refractivity contribution >= 4 is 15.9 Å². The van der Waals surface area contributed by atoms with Gasteiger partial charge >= 0.3 is 0 Å². The second-order valence-corrected chi connectivity index (χ2v) is 10.6. The van der Waals surface area contributed by atoms with Gasteiger partial charge in [0.15, 0.2) is 0 Å². The van der Waals surface area contributed by atoms with Crippen LogP contribution in [-0.4, -0.2) is 0 Å². The highest BCUT2D eigenvalue weighted by Crippen LogP contribution is 2.51. The van der Waals surface area contributed by atoms with Crippen molar-refractivity contribution in [3.63, 3.8) is 0 Å². The molecule has 0 heterocycles. The molecule has 0 N–H and O–H groups in total. The Labute approximate surface area is 211 Å². The van der Waals surface area contributed by atoms with E-state index in [1.165, 1.54) is 87.3 Å². The lowest BCUT2D eigenvalue weighted by Gasteiger charge is -2.38. The molecule has 0 fully saturated rings. The third kappa shape index (κ3) is 7.57. The SMILES string of the molecule is CCCCCCCCCCCCC(c1ccccc1)C(Br)(c1ccccc1)c1ccccc1. The Kier molecular flexibility index (Phi) is 11.2. The van der Waals surface area contributed by atoms with Crippen molar-refractivity contribution in [3.05, 3.63) is 108 Å². The van der Waals surface area contributed by atoms with E-state index in [1.54, 1.807) is 0 Å². The molecule has 3 aromatic carbocycles. The van der Waals surface area contributed by atoms with Crippen molar-refractivity contribution in [2.45, 2.75) is 87.8 Å². The van der Waals surface area contributed by atoms with Gasteiger partial charge in [0.25, 0.3) is 0 Å². The first-order chi connectivity index (χ1) is 16.3. The molecule has 0 nitrogen and oxygen atoms in total. The lowest BCUT2D eigenvalue weighted by molar-refractivity contribution is 0.482. The molecular weight excluding hydrogens is 464 g/mol. The first kappa shape index (κ1) is 25.8. The Bertz CT molecular complexity index is 833. The third-order valence-electron chi connectivity index (χ3n) is 6.92. The van der Waals surface area contributed by atoms with E-state index in [2.05, 4.69) is 114 Å². The van der Waals surface area contributed by atoms with Crippen LogP contribution in [0.3, 0.4) is 0 Å². The molecule has 0 aliphatic rings. The van der Waals surface area contributed by atoms with Crippen LogP contribution in [0.15, 0.2) is 91.0 Å². The first-order valence-electron chi connectivity index (χ1n) is 13.1. The predicted octanol–water partition coefficient (Wildman–Crippen LogP) is 10.4. The predicted molar refractivity (Wildman–Crippen MR) is 148 cm³/mol. The quantitative estimate of drug-likeness (QED) is 0.142. The maximum atomic E-state index is 4.33. The summed E-state index contributed by atoms with van der Waals surface area (Å²) in [6, 6.07) is 33.1. The summed E-state index contributed by atoms with van der Waals surface area (Å²) >= 11 is 4.33. The molecule has 1 unspecified atom stereocenters. The van der Waals surface area contributed by atoms with E-state index in [1.807, 2.05) is 0 Å². The molecule has 0 saturated heterocycles. The van der Waals surface area contributed by atoms with Gasteiger partial charge in [0.1, 0.15) is 0 Å². The molecule has 0 amide bonds. The fourth-order valence-electron chi connectivity index (χ4n) is 5.05. The topological polar surface area (TPSA) is 0 Å². The molecule has 0 aliphatic heterocycles. The minimum Gasteiger partial charge on any atom is -0.0742 e. The number of halogens is 1. The average molecular weight is 506 g/mol. The second-order valence-electron chi connectivity index (χ2n) is 9.38. The Morgan fingerprint density at radius 1 is 0.545 bits per heavy atom. The Morgan fingerprint density at radius 2 is 0.939 bits per heavy atom. The van der Waals surface area contributed by atoms with Crippen LogP contribution in [0.5, 0.6) is 0 Å². The van der Waals surface area contributed by atoms with Gasteiger partial charge in [-0.25, -0.2) is 0 Å². The van der Waals surface area contributed by atoms with E-state index in [9.17, 15) is 0 Å². The van der Waals surface area contributed by atoms with E-state index in [-0.39, 0.29) is 4.32 Å². The lowest BCUT2D eigenvalue weighted by atomic mass is 9.74. The van der Waals surface area contributed by atoms with Gasteiger partial charge in [-0.1, -0.05) is 178 Å². The van der Waals surface area contributed by atoms with Gasteiger partial charge in [0.05, 0.1) is 4.32 Å². The van der Waals surface area contributed by atoms with Gasteiger partial charge in [-0.2, -0.15) is 0 Å². The van der Waals surface area contributed by atoms with Crippen molar-refractivity contribution in [2.75, 3.05) is 0 Å². The average Bonchev–Trinajstić information content (AvgIpc) is 2.88. The summed E-state index contributed by atoms with van der Waals surface area (Å²) in [4.78, 5) is 0. The van der Waals surface area contributed by atoms with Crippen molar-refractivity contribution < 1.29 is 0 Å². The van der Waals surface area contributed by atoms with Crippen molar-refractivity contribution in [1.29, 1.82) is 0 Å². The standard InChI is InChI=1S/C32H41Br/c1-2-3-4-5-6-7-8-9-10-20-27-31(28-21-14-11-15-22-28)32(33,29-23-16-12-17-24-29)30-25-18-13-19-26-30/h11-19,21-26,31H,2-10,20,27H2,1H3. The molecule has 1 heteroatoms. The van der Waals surface area contributed by atoms with Crippen LogP contribution in [0.2, 0.25) is 0 Å². The molecule has 0 saturated carbocycles. The molecule has 1 atom stereocenters. The summed E-state index contributed by atoms with van der Waals surface area (Å²) < 4.78 is -0.240. The molecule has 176 valence electrons. The summed E-state index contributed by atoms with van der Waals surface area (Å²) in [5.41, 5.74) is 4.08. The summed E-state index contributed by atoms with van der Waals surface area (Å²) in [6.45, 7) is 2.29. The minimum atomic E-state index is -0.240. The molecule has 3 rings (SSSR count). The first-order valence-corrected chi connectivity index (χ1v) is 13.9. The highest BCUT2D eigenvalue weighted by Gasteiger charge is 2.40. The Morgan fingerprint density at radius 3 is 1.39 bits per heavy atom. The zero-order valence-electron chi connectivity index (χ0n) is 20.4. The molecular formula is C32H41Br. The van der Waals surface area contributed by atoms with Gasteiger partial charge in [0.2, 0.25) is 0 Å². The molecule has 0 bridgehead atoms. The van der Waals surface area contributed by atoms with E-state index in [4.69, 9.17) is 0 Å². The summed E-state index contributed by atoms with van der Waals surface area (Å²) in [6.07, 6.45) is 14.9. The molecule has 33 heavy (non-hydrogen) atoms. The number of alkyl halides is 1. The van der Waals surface area contributed by atoms with Crippen LogP contribution in [-0.2, 0) is 4.32 Å². The normalized spacial score (nSPS) is 12.5. The highest BCUT2D eigenvalue weighted by molar-refractivity contribution is 9.09. The summed E-state index contributed by atoms with van der Waals surface area (Å²) in [5.74, 6) is 0.373. The zero-order valence-corrected chi connectivity index (χ0v) is 22.0. The molecule has 0 spiro atoms. The van der Waals surface area contributed by atoms with Gasteiger partial charge in [-0.05, 0) is 23.1 Å². The number of hydrogen-bond donors (Lipinski definition) is 0. The monoisotopic (exact) mass is 504 g/mol. The smallest absolute Gasteiger partial charge is 0.0742 e. The minimum absolute atomic E-state index is 0.240. The van der Waals surface area contributed by atoms with E-state index in [0.717, 1.165) is 0 Å². The van der Waals surface area contributed by atoms with Crippen molar-refractivity contribution in [1.82, 2.24) is 0 Å². The van der Waals surface area contributed by atoms with Crippen LogP contribution in [0.1, 0.15) is 100 Å². The van der Waals surface area contributed by atoms with Gasteiger partial charge in [-0.3, -0.25) is 0 Å². The van der Waals surface area contributed by atoms with Crippen molar-refractivity contribution in [3.8, 4) is 0 Å². The maximum absolute atomic E-state index is 4.33. The number of benzene rings is 3. The lowest BCUT2D eigenvalue weighted by Crippen LogP contribution is -2.29. The molecule has 0 aliphatic carbocycles. The Balaban J connectivity index is 1.70. The van der Waals surface area contributed by atoms with E-state index >= 15 is 0 Å². The number of rotatable bonds is 15. The van der Waals surface area contributed by atoms with E-state index < -0.39 is 0 Å². The Hall–Kier alpha value is -1.86.